The molecule has 0 saturated heterocycles. The zero-order chi connectivity index (χ0) is 28.1. The number of rotatable bonds is 22. The predicted molar refractivity (Wildman–Crippen MR) is 157 cm³/mol. The molecule has 6 heteroatoms. The van der Waals surface area contributed by atoms with Gasteiger partial charge in [0, 0.05) is 5.56 Å². The van der Waals surface area contributed by atoms with Crippen LogP contribution in [0.2, 0.25) is 0 Å². The number of unbranched alkanes of at least 4 members (excludes halogenated alkanes) is 13. The molecule has 0 aliphatic carbocycles. The fourth-order valence-electron chi connectivity index (χ4n) is 4.75. The Balaban J connectivity index is 1.64. The van der Waals surface area contributed by atoms with Crippen molar-refractivity contribution in [1.82, 2.24) is 5.32 Å². The molecule has 0 spiro atoms. The van der Waals surface area contributed by atoms with Crippen molar-refractivity contribution in [1.29, 1.82) is 0 Å². The summed E-state index contributed by atoms with van der Waals surface area (Å²) in [6, 6.07) is 15.1. The maximum atomic E-state index is 12.9. The maximum absolute atomic E-state index is 12.9. The van der Waals surface area contributed by atoms with Gasteiger partial charge in [-0.15, -0.1) is 0 Å². The number of benzene rings is 2. The Bertz CT molecular complexity index is 933. The van der Waals surface area contributed by atoms with E-state index < -0.39 is 24.0 Å². The predicted octanol–water partition coefficient (Wildman–Crippen LogP) is 7.33. The van der Waals surface area contributed by atoms with E-state index in [4.69, 9.17) is 4.74 Å². The van der Waals surface area contributed by atoms with Crippen molar-refractivity contribution in [3.05, 3.63) is 65.7 Å². The Kier molecular flexibility index (Phi) is 16.7. The number of carbonyl (C=O) groups is 2. The lowest BCUT2D eigenvalue weighted by atomic mass is 10.0. The van der Waals surface area contributed by atoms with Gasteiger partial charge in [0.1, 0.15) is 5.75 Å². The third kappa shape index (κ3) is 14.2. The Labute approximate surface area is 235 Å². The summed E-state index contributed by atoms with van der Waals surface area (Å²) in [5.74, 6) is -1.21. The Morgan fingerprint density at radius 1 is 0.769 bits per heavy atom. The second kappa shape index (κ2) is 20.1. The van der Waals surface area contributed by atoms with Crippen molar-refractivity contribution in [3.8, 4) is 5.75 Å². The molecular weight excluding hydrogens is 490 g/mol. The molecule has 39 heavy (non-hydrogen) atoms. The van der Waals surface area contributed by atoms with Crippen LogP contribution in [0.1, 0.15) is 113 Å². The molecule has 216 valence electrons. The number of aliphatic hydroxyl groups is 1. The van der Waals surface area contributed by atoms with Gasteiger partial charge in [0.15, 0.2) is 6.10 Å². The highest BCUT2D eigenvalue weighted by Gasteiger charge is 2.28. The summed E-state index contributed by atoms with van der Waals surface area (Å²) < 4.78 is 5.87. The van der Waals surface area contributed by atoms with Crippen LogP contribution in [0.5, 0.6) is 5.75 Å². The lowest BCUT2D eigenvalue weighted by molar-refractivity contribution is -0.148. The van der Waals surface area contributed by atoms with Crippen LogP contribution in [-0.2, 0) is 11.2 Å². The van der Waals surface area contributed by atoms with Crippen LogP contribution in [0.25, 0.3) is 0 Å². The smallest absolute Gasteiger partial charge is 0.334 e. The Morgan fingerprint density at radius 3 is 1.90 bits per heavy atom. The van der Waals surface area contributed by atoms with Crippen molar-refractivity contribution >= 4 is 11.9 Å². The number of carboxylic acid groups (broad SMARTS) is 1. The molecule has 0 bridgehead atoms. The van der Waals surface area contributed by atoms with Crippen LogP contribution in [0.3, 0.4) is 0 Å². The minimum atomic E-state index is -1.71. The van der Waals surface area contributed by atoms with Crippen molar-refractivity contribution in [3.63, 3.8) is 0 Å². The van der Waals surface area contributed by atoms with Crippen LogP contribution in [0.15, 0.2) is 54.6 Å². The van der Waals surface area contributed by atoms with Crippen LogP contribution in [0, 0.1) is 0 Å². The molecule has 1 amide bonds. The number of aliphatic carboxylic acids is 1. The first-order valence-electron chi connectivity index (χ1n) is 15.0. The molecule has 0 fully saturated rings. The third-order valence-electron chi connectivity index (χ3n) is 7.11. The van der Waals surface area contributed by atoms with Crippen molar-refractivity contribution in [2.45, 2.75) is 115 Å². The van der Waals surface area contributed by atoms with E-state index in [0.717, 1.165) is 18.4 Å². The molecule has 0 radical (unpaired) electrons. The average molecular weight is 540 g/mol. The number of hydrogen-bond acceptors (Lipinski definition) is 4. The summed E-state index contributed by atoms with van der Waals surface area (Å²) in [6.07, 6.45) is 16.8. The van der Waals surface area contributed by atoms with Crippen molar-refractivity contribution in [2.75, 3.05) is 6.61 Å². The number of nitrogens with one attached hydrogen (secondary N) is 1. The summed E-state index contributed by atoms with van der Waals surface area (Å²) in [7, 11) is 0. The van der Waals surface area contributed by atoms with Gasteiger partial charge in [-0.2, -0.15) is 0 Å². The van der Waals surface area contributed by atoms with Crippen LogP contribution in [-0.4, -0.2) is 40.8 Å². The lowest BCUT2D eigenvalue weighted by Crippen LogP contribution is -2.48. The summed E-state index contributed by atoms with van der Waals surface area (Å²) in [5.41, 5.74) is 1.19. The normalized spacial score (nSPS) is 12.6. The van der Waals surface area contributed by atoms with Crippen LogP contribution in [0.4, 0.5) is 0 Å². The molecule has 0 aliphatic rings. The van der Waals surface area contributed by atoms with Gasteiger partial charge in [-0.05, 0) is 36.6 Å². The monoisotopic (exact) mass is 539 g/mol. The lowest BCUT2D eigenvalue weighted by Gasteiger charge is -2.22. The van der Waals surface area contributed by atoms with E-state index in [1.807, 2.05) is 36.4 Å². The van der Waals surface area contributed by atoms with Gasteiger partial charge in [0.25, 0.3) is 5.91 Å². The van der Waals surface area contributed by atoms with Gasteiger partial charge < -0.3 is 20.3 Å². The topological polar surface area (TPSA) is 95.9 Å². The van der Waals surface area contributed by atoms with E-state index in [1.54, 1.807) is 18.2 Å². The second-order valence-corrected chi connectivity index (χ2v) is 10.5. The fraction of sp³-hybridized carbons (Fsp3) is 0.576. The molecule has 0 saturated carbocycles. The van der Waals surface area contributed by atoms with Crippen molar-refractivity contribution in [2.24, 2.45) is 0 Å². The zero-order valence-corrected chi connectivity index (χ0v) is 23.8. The molecule has 2 atom stereocenters. The Hall–Kier alpha value is -2.86. The molecule has 2 rings (SSSR count). The second-order valence-electron chi connectivity index (χ2n) is 10.5. The standard InChI is InChI=1S/C33H49NO5/c1-2-3-4-5-6-7-8-9-10-11-12-13-14-18-24-39-29-23-19-22-28(26-29)32(36)34-30(31(35)33(37)38)25-27-20-16-15-17-21-27/h15-17,19-23,26,30-31,35H,2-14,18,24-25H2,1H3,(H,34,36)(H,37,38)/t30-,31-/m0/s1. The maximum Gasteiger partial charge on any atom is 0.334 e. The number of ether oxygens (including phenoxy) is 1. The van der Waals surface area contributed by atoms with Gasteiger partial charge in [0.2, 0.25) is 0 Å². The fourth-order valence-corrected chi connectivity index (χ4v) is 4.75. The molecule has 6 nitrogen and oxygen atoms in total. The summed E-state index contributed by atoms with van der Waals surface area (Å²) in [4.78, 5) is 24.3. The van der Waals surface area contributed by atoms with Gasteiger partial charge in [-0.1, -0.05) is 127 Å². The molecule has 0 aliphatic heterocycles. The van der Waals surface area contributed by atoms with Crippen LogP contribution >= 0.6 is 0 Å². The molecule has 2 aromatic rings. The summed E-state index contributed by atoms with van der Waals surface area (Å²) in [6.45, 7) is 2.86. The number of amides is 1. The highest BCUT2D eigenvalue weighted by molar-refractivity contribution is 5.95. The SMILES string of the molecule is CCCCCCCCCCCCCCCCOc1cccc(C(=O)N[C@@H](Cc2ccccc2)[C@H](O)C(=O)O)c1. The highest BCUT2D eigenvalue weighted by atomic mass is 16.5. The minimum absolute atomic E-state index is 0.204. The zero-order valence-electron chi connectivity index (χ0n) is 23.8. The van der Waals surface area contributed by atoms with E-state index in [1.165, 1.54) is 77.0 Å². The first kappa shape index (κ1) is 32.4. The first-order chi connectivity index (χ1) is 19.0. The minimum Gasteiger partial charge on any atom is -0.494 e. The molecule has 0 heterocycles. The van der Waals surface area contributed by atoms with E-state index in [9.17, 15) is 19.8 Å². The van der Waals surface area contributed by atoms with Crippen molar-refractivity contribution < 1.29 is 24.5 Å². The Morgan fingerprint density at radius 2 is 1.33 bits per heavy atom. The molecule has 2 aromatic carbocycles. The molecule has 3 N–H and O–H groups in total. The number of aliphatic hydroxyl groups excluding tert-OH is 1. The summed E-state index contributed by atoms with van der Waals surface area (Å²) in [5, 5.41) is 22.1. The van der Waals surface area contributed by atoms with Crippen LogP contribution < -0.4 is 10.1 Å². The van der Waals surface area contributed by atoms with E-state index in [0.29, 0.717) is 17.9 Å². The van der Waals surface area contributed by atoms with Gasteiger partial charge in [-0.3, -0.25) is 4.79 Å². The van der Waals surface area contributed by atoms with Gasteiger partial charge in [0.05, 0.1) is 12.6 Å². The first-order valence-corrected chi connectivity index (χ1v) is 15.0. The molecule has 0 aromatic heterocycles. The van der Waals surface area contributed by atoms with E-state index in [2.05, 4.69) is 12.2 Å². The summed E-state index contributed by atoms with van der Waals surface area (Å²) >= 11 is 0. The highest BCUT2D eigenvalue weighted by Crippen LogP contribution is 2.16. The largest absolute Gasteiger partial charge is 0.494 e. The average Bonchev–Trinajstić information content (AvgIpc) is 2.95. The number of carboxylic acids is 1. The van der Waals surface area contributed by atoms with E-state index in [-0.39, 0.29) is 6.42 Å². The number of hydrogen-bond donors (Lipinski definition) is 3. The third-order valence-corrected chi connectivity index (χ3v) is 7.11. The van der Waals surface area contributed by atoms with E-state index >= 15 is 0 Å². The molecule has 0 unspecified atom stereocenters. The molecular formula is C33H49NO5. The van der Waals surface area contributed by atoms with Gasteiger partial charge in [-0.25, -0.2) is 4.79 Å². The number of carbonyl (C=O) groups excluding carboxylic acids is 1. The quantitative estimate of drug-likeness (QED) is 0.136. The van der Waals surface area contributed by atoms with Gasteiger partial charge >= 0.3 is 5.97 Å².